The van der Waals surface area contributed by atoms with Crippen molar-refractivity contribution >= 4 is 21.6 Å². The summed E-state index contributed by atoms with van der Waals surface area (Å²) in [4.78, 5) is 17.0. The lowest BCUT2D eigenvalue weighted by atomic mass is 10.0. The largest absolute Gasteiger partial charge is 0.416 e. The molecule has 1 heterocycles. The number of halogens is 3. The van der Waals surface area contributed by atoms with Crippen molar-refractivity contribution in [2.75, 3.05) is 37.2 Å². The molecule has 1 saturated heterocycles. The highest BCUT2D eigenvalue weighted by Crippen LogP contribution is 2.30. The number of sulfonamides is 1. The molecule has 198 valence electrons. The van der Waals surface area contributed by atoms with Gasteiger partial charge in [-0.15, -0.1) is 0 Å². The third-order valence-electron chi connectivity index (χ3n) is 6.13. The molecule has 7 nitrogen and oxygen atoms in total. The first-order valence-corrected chi connectivity index (χ1v) is 13.4. The van der Waals surface area contributed by atoms with Gasteiger partial charge < -0.3 is 14.9 Å². The molecule has 1 aliphatic heterocycles. The number of rotatable bonds is 10. The SMILES string of the molecule is C[C@H](O)CS(=O)(=O)Nc1cccc(C(CN2CCCC2)N(C)C(=O)Cc2ccc(C(F)(F)F)cc2)c1. The number of nitrogens with one attached hydrogen (secondary N) is 1. The molecule has 0 spiro atoms. The van der Waals surface area contributed by atoms with Crippen LogP contribution in [-0.2, 0) is 27.4 Å². The predicted octanol–water partition coefficient (Wildman–Crippen LogP) is 3.67. The molecule has 2 aromatic rings. The predicted molar refractivity (Wildman–Crippen MR) is 132 cm³/mol. The van der Waals surface area contributed by atoms with Gasteiger partial charge in [-0.3, -0.25) is 9.52 Å². The van der Waals surface area contributed by atoms with Crippen molar-refractivity contribution in [1.82, 2.24) is 9.80 Å². The van der Waals surface area contributed by atoms with Gasteiger partial charge in [-0.05, 0) is 68.2 Å². The zero-order chi connectivity index (χ0) is 26.5. The number of carbonyl (C=O) groups excluding carboxylic acids is 1. The van der Waals surface area contributed by atoms with Crippen LogP contribution in [0.1, 0.15) is 42.5 Å². The molecule has 0 aromatic heterocycles. The first-order chi connectivity index (χ1) is 16.8. The highest BCUT2D eigenvalue weighted by Gasteiger charge is 2.30. The third-order valence-corrected chi connectivity index (χ3v) is 7.60. The summed E-state index contributed by atoms with van der Waals surface area (Å²) in [6.45, 7) is 3.70. The van der Waals surface area contributed by atoms with E-state index in [1.807, 2.05) is 6.07 Å². The quantitative estimate of drug-likeness (QED) is 0.492. The molecule has 0 saturated carbocycles. The van der Waals surface area contributed by atoms with Crippen molar-refractivity contribution < 1.29 is 31.5 Å². The molecule has 3 rings (SSSR count). The summed E-state index contributed by atoms with van der Waals surface area (Å²) in [6, 6.07) is 10.9. The first-order valence-electron chi connectivity index (χ1n) is 11.8. The number of hydrogen-bond acceptors (Lipinski definition) is 5. The van der Waals surface area contributed by atoms with Crippen molar-refractivity contribution in [3.8, 4) is 0 Å². The highest BCUT2D eigenvalue weighted by molar-refractivity contribution is 7.92. The molecule has 2 atom stereocenters. The number of benzene rings is 2. The zero-order valence-electron chi connectivity index (χ0n) is 20.3. The molecule has 0 aliphatic carbocycles. The van der Waals surface area contributed by atoms with Crippen LogP contribution in [0.15, 0.2) is 48.5 Å². The second-order valence-electron chi connectivity index (χ2n) is 9.26. The Morgan fingerprint density at radius 3 is 2.36 bits per heavy atom. The van der Waals surface area contributed by atoms with Crippen molar-refractivity contribution in [2.24, 2.45) is 0 Å². The summed E-state index contributed by atoms with van der Waals surface area (Å²) < 4.78 is 65.6. The van der Waals surface area contributed by atoms with E-state index in [1.165, 1.54) is 19.1 Å². The number of likely N-dealkylation sites (N-methyl/N-ethyl adjacent to an activating group) is 1. The van der Waals surface area contributed by atoms with Crippen LogP contribution in [0.3, 0.4) is 0 Å². The van der Waals surface area contributed by atoms with E-state index in [2.05, 4.69) is 9.62 Å². The van der Waals surface area contributed by atoms with Gasteiger partial charge in [-0.1, -0.05) is 24.3 Å². The zero-order valence-corrected chi connectivity index (χ0v) is 21.1. The van der Waals surface area contributed by atoms with Gasteiger partial charge in [0, 0.05) is 19.3 Å². The first kappa shape index (κ1) is 27.9. The smallest absolute Gasteiger partial charge is 0.392 e. The fourth-order valence-electron chi connectivity index (χ4n) is 4.29. The Morgan fingerprint density at radius 2 is 1.78 bits per heavy atom. The second kappa shape index (κ2) is 11.6. The average Bonchev–Trinajstić information content (AvgIpc) is 3.29. The molecule has 0 radical (unpaired) electrons. The molecule has 2 N–H and O–H groups in total. The molecule has 36 heavy (non-hydrogen) atoms. The van der Waals surface area contributed by atoms with E-state index in [9.17, 15) is 31.5 Å². The molecular weight excluding hydrogens is 495 g/mol. The number of alkyl halides is 3. The summed E-state index contributed by atoms with van der Waals surface area (Å²) in [6.07, 6.45) is -3.43. The number of aliphatic hydroxyl groups is 1. The third kappa shape index (κ3) is 7.94. The van der Waals surface area contributed by atoms with E-state index in [-0.39, 0.29) is 12.3 Å². The number of amides is 1. The minimum Gasteiger partial charge on any atom is -0.392 e. The molecular formula is C25H32F3N3O4S. The second-order valence-corrected chi connectivity index (χ2v) is 11.0. The van der Waals surface area contributed by atoms with Gasteiger partial charge in [-0.25, -0.2) is 8.42 Å². The van der Waals surface area contributed by atoms with E-state index in [0.717, 1.165) is 43.6 Å². The number of likely N-dealkylation sites (tertiary alicyclic amines) is 1. The van der Waals surface area contributed by atoms with E-state index in [0.29, 0.717) is 17.8 Å². The van der Waals surface area contributed by atoms with E-state index in [1.54, 1.807) is 30.1 Å². The van der Waals surface area contributed by atoms with Crippen LogP contribution >= 0.6 is 0 Å². The Hall–Kier alpha value is -2.63. The van der Waals surface area contributed by atoms with Crippen LogP contribution in [0, 0.1) is 0 Å². The lowest BCUT2D eigenvalue weighted by molar-refractivity contribution is -0.137. The monoisotopic (exact) mass is 527 g/mol. The Morgan fingerprint density at radius 1 is 1.14 bits per heavy atom. The minimum absolute atomic E-state index is 0.0636. The number of anilines is 1. The number of hydrogen-bond donors (Lipinski definition) is 2. The number of nitrogens with zero attached hydrogens (tertiary/aromatic N) is 2. The van der Waals surface area contributed by atoms with Crippen molar-refractivity contribution in [3.05, 3.63) is 65.2 Å². The number of carbonyl (C=O) groups is 1. The molecule has 11 heteroatoms. The summed E-state index contributed by atoms with van der Waals surface area (Å²) >= 11 is 0. The Labute approximate surface area is 210 Å². The van der Waals surface area contributed by atoms with Gasteiger partial charge in [-0.2, -0.15) is 13.2 Å². The number of aliphatic hydroxyl groups excluding tert-OH is 1. The van der Waals surface area contributed by atoms with Crippen molar-refractivity contribution in [1.29, 1.82) is 0 Å². The normalized spacial score (nSPS) is 16.5. The van der Waals surface area contributed by atoms with Gasteiger partial charge in [0.2, 0.25) is 15.9 Å². The van der Waals surface area contributed by atoms with Crippen LogP contribution in [0.25, 0.3) is 0 Å². The summed E-state index contributed by atoms with van der Waals surface area (Å²) in [5, 5.41) is 9.45. The van der Waals surface area contributed by atoms with Gasteiger partial charge >= 0.3 is 6.18 Å². The Bertz CT molecular complexity index is 1130. The maximum Gasteiger partial charge on any atom is 0.416 e. The van der Waals surface area contributed by atoms with E-state index >= 15 is 0 Å². The molecule has 0 bridgehead atoms. The summed E-state index contributed by atoms with van der Waals surface area (Å²) in [7, 11) is -2.11. The van der Waals surface area contributed by atoms with Crippen LogP contribution < -0.4 is 4.72 Å². The minimum atomic E-state index is -4.44. The highest BCUT2D eigenvalue weighted by atomic mass is 32.2. The van der Waals surface area contributed by atoms with Crippen LogP contribution in [0.2, 0.25) is 0 Å². The van der Waals surface area contributed by atoms with Gasteiger partial charge in [0.1, 0.15) is 0 Å². The molecule has 1 fully saturated rings. The van der Waals surface area contributed by atoms with E-state index < -0.39 is 39.7 Å². The van der Waals surface area contributed by atoms with Crippen molar-refractivity contribution in [3.63, 3.8) is 0 Å². The summed E-state index contributed by atoms with van der Waals surface area (Å²) in [5.41, 5.74) is 0.749. The maximum atomic E-state index is 13.2. The standard InChI is InChI=1S/C25H32F3N3O4S/c1-18(32)17-36(34,35)29-22-7-5-6-20(15-22)23(16-31-12-3-4-13-31)30(2)24(33)14-19-8-10-21(11-9-19)25(26,27)28/h5-11,15,18,23,29,32H,3-4,12-14,16-17H2,1-2H3/t18-,23?/m0/s1. The van der Waals surface area contributed by atoms with Gasteiger partial charge in [0.25, 0.3) is 0 Å². The fraction of sp³-hybridized carbons (Fsp3) is 0.480. The topological polar surface area (TPSA) is 89.9 Å². The van der Waals surface area contributed by atoms with Crippen molar-refractivity contribution in [2.45, 2.75) is 44.5 Å². The molecule has 2 aromatic carbocycles. The lowest BCUT2D eigenvalue weighted by Crippen LogP contribution is -2.39. The maximum absolute atomic E-state index is 13.2. The van der Waals surface area contributed by atoms with Crippen LogP contribution in [0.4, 0.5) is 18.9 Å². The van der Waals surface area contributed by atoms with E-state index in [4.69, 9.17) is 0 Å². The van der Waals surface area contributed by atoms with Gasteiger partial charge in [0.15, 0.2) is 0 Å². The Kier molecular flexibility index (Phi) is 9.02. The Balaban J connectivity index is 1.81. The summed E-state index contributed by atoms with van der Waals surface area (Å²) in [5.74, 6) is -0.709. The molecule has 1 unspecified atom stereocenters. The lowest BCUT2D eigenvalue weighted by Gasteiger charge is -2.32. The molecule has 1 aliphatic rings. The molecule has 1 amide bonds. The average molecular weight is 528 g/mol. The van der Waals surface area contributed by atoms with Gasteiger partial charge in [0.05, 0.1) is 29.9 Å². The fourth-order valence-corrected chi connectivity index (χ4v) is 5.50. The van der Waals surface area contributed by atoms with Crippen LogP contribution in [0.5, 0.6) is 0 Å². The van der Waals surface area contributed by atoms with Crippen LogP contribution in [-0.4, -0.2) is 67.8 Å².